The Morgan fingerprint density at radius 1 is 0.195 bits per heavy atom. The van der Waals surface area contributed by atoms with Crippen molar-refractivity contribution in [1.29, 1.82) is 0 Å². The summed E-state index contributed by atoms with van der Waals surface area (Å²) in [6.07, 6.45) is -3.24. The molecule has 14 unspecified atom stereocenters. The van der Waals surface area contributed by atoms with Crippen molar-refractivity contribution in [2.24, 2.45) is 88.3 Å². The van der Waals surface area contributed by atoms with Crippen molar-refractivity contribution in [2.75, 3.05) is 237 Å². The maximum atomic E-state index is 13.0. The van der Waals surface area contributed by atoms with Gasteiger partial charge < -0.3 is 99.5 Å². The molecule has 0 aromatic heterocycles. The van der Waals surface area contributed by atoms with Gasteiger partial charge in [0.25, 0.3) is 0 Å². The van der Waals surface area contributed by atoms with E-state index in [9.17, 15) is 38.4 Å². The van der Waals surface area contributed by atoms with E-state index in [1.54, 1.807) is 55.4 Å². The third kappa shape index (κ3) is 67.0. The molecular weight excluding hydrogens is 1700 g/mol. The fourth-order valence-electron chi connectivity index (χ4n) is 10.1. The van der Waals surface area contributed by atoms with Gasteiger partial charge in [-0.2, -0.15) is 0 Å². The number of hydrogen-bond acceptors (Lipinski definition) is 37. The Labute approximate surface area is 741 Å². The van der Waals surface area contributed by atoms with Gasteiger partial charge in [-0.3, -0.25) is 38.4 Å². The Kier molecular flexibility index (Phi) is 75.8. The largest absolute Gasteiger partial charge is 0.465 e. The maximum Gasteiger partial charge on any atom is 0.308 e. The first-order valence-electron chi connectivity index (χ1n) is 42.1. The molecule has 0 aliphatic rings. The zero-order valence-corrected chi connectivity index (χ0v) is 74.5. The first-order chi connectivity index (χ1) is 61.9. The van der Waals surface area contributed by atoms with E-state index in [0.29, 0.717) is 6.42 Å². The van der Waals surface area contributed by atoms with Crippen molar-refractivity contribution >= 4 is 47.8 Å². The molecule has 0 heterocycles. The average molecular weight is 1830 g/mol. The fourth-order valence-corrected chi connectivity index (χ4v) is 10.1. The molecule has 0 amide bonds. The van der Waals surface area contributed by atoms with Crippen molar-refractivity contribution in [3.05, 3.63) is 83.5 Å². The van der Waals surface area contributed by atoms with Gasteiger partial charge >= 0.3 is 47.8 Å². The highest BCUT2D eigenvalue weighted by atomic mass is 16.6. The normalized spacial score (nSPS) is 14.2. The molecule has 53 nitrogen and oxygen atoms in total. The van der Waals surface area contributed by atoms with Crippen LogP contribution in [0.4, 0.5) is 0 Å². The van der Waals surface area contributed by atoms with Crippen LogP contribution in [-0.4, -0.2) is 322 Å². The third-order valence-corrected chi connectivity index (χ3v) is 17.9. The van der Waals surface area contributed by atoms with Gasteiger partial charge in [0, 0.05) is 105 Å². The highest BCUT2D eigenvalue weighted by Crippen LogP contribution is 2.15. The Balaban J connectivity index is 7.37. The van der Waals surface area contributed by atoms with Crippen LogP contribution >= 0.6 is 0 Å². The van der Waals surface area contributed by atoms with Crippen LogP contribution in [0.15, 0.2) is 40.9 Å². The third-order valence-electron chi connectivity index (χ3n) is 17.9. The number of carbonyl (C=O) groups is 8. The molecule has 0 aromatic carbocycles. The van der Waals surface area contributed by atoms with Gasteiger partial charge in [-0.15, -0.1) is 0 Å². The lowest BCUT2D eigenvalue weighted by atomic mass is 10.1. The number of azide groups is 8. The van der Waals surface area contributed by atoms with Crippen molar-refractivity contribution in [1.82, 2.24) is 0 Å². The van der Waals surface area contributed by atoms with Crippen LogP contribution < -0.4 is 0 Å². The number of ether oxygens (including phenoxy) is 21. The van der Waals surface area contributed by atoms with Crippen LogP contribution in [0.1, 0.15) is 113 Å². The van der Waals surface area contributed by atoms with E-state index in [0.717, 1.165) is 0 Å². The molecule has 0 saturated carbocycles. The SMILES string of the molecule is CC(CCN=[N+]=[N-])C(=O)OCCCOCC(COCC(COCC(COCC(COCC(COCC(COCCOC(=O)C(C)CCN=[N+]=[N-])OCCOC(=O)C(C)CCN=[N+]=[N-])OCCOC(=O)C(C)CCN=[N+]=[N-])OCCOC(=O)C(C)CCN=[N+]=[N-])OCCOC(=O)C(C)CCN=[N+]=[N-])OCCOC(=O)C(C)CCN=[N+]=[N-])OCCOC(=O)C(C)CCN=[N+]=[N-]. The van der Waals surface area contributed by atoms with Crippen molar-refractivity contribution in [2.45, 2.75) is 150 Å². The first kappa shape index (κ1) is 118. The van der Waals surface area contributed by atoms with Gasteiger partial charge in [0.2, 0.25) is 0 Å². The quantitative estimate of drug-likeness (QED) is 0.0136. The minimum absolute atomic E-state index is 0.0164. The average Bonchev–Trinajstić information content (AvgIpc) is 0.943. The Hall–Kier alpha value is -10.3. The summed E-state index contributed by atoms with van der Waals surface area (Å²) >= 11 is 0. The van der Waals surface area contributed by atoms with Crippen LogP contribution in [0.3, 0.4) is 0 Å². The summed E-state index contributed by atoms with van der Waals surface area (Å²) in [5, 5.41) is 27.8. The van der Waals surface area contributed by atoms with Crippen molar-refractivity contribution < 1.29 is 138 Å². The lowest BCUT2D eigenvalue weighted by Gasteiger charge is -2.25. The summed E-state index contributed by atoms with van der Waals surface area (Å²) in [6, 6.07) is 0. The summed E-state index contributed by atoms with van der Waals surface area (Å²) in [6.45, 7) is 8.80. The molecule has 0 radical (unpaired) electrons. The zero-order valence-electron chi connectivity index (χ0n) is 74.5. The Morgan fingerprint density at radius 3 is 0.500 bits per heavy atom. The van der Waals surface area contributed by atoms with Crippen LogP contribution in [0.5, 0.6) is 0 Å². The fraction of sp³-hybridized carbons (Fsp3) is 0.893. The minimum atomic E-state index is -0.962. The topological polar surface area (TPSA) is 720 Å². The van der Waals surface area contributed by atoms with Gasteiger partial charge in [-0.1, -0.05) is 96.3 Å². The summed E-state index contributed by atoms with van der Waals surface area (Å²) in [5.41, 5.74) is 69.7. The minimum Gasteiger partial charge on any atom is -0.465 e. The smallest absolute Gasteiger partial charge is 0.308 e. The summed E-state index contributed by atoms with van der Waals surface area (Å²) < 4.78 is 123. The van der Waals surface area contributed by atoms with E-state index in [4.69, 9.17) is 144 Å². The summed E-state index contributed by atoms with van der Waals surface area (Å²) in [4.78, 5) is 124. The van der Waals surface area contributed by atoms with Crippen molar-refractivity contribution in [3.63, 3.8) is 0 Å². The molecule has 0 N–H and O–H groups in total. The van der Waals surface area contributed by atoms with E-state index in [1.165, 1.54) is 0 Å². The molecule has 0 aromatic rings. The standard InChI is InChI=1S/C75H128N24O29/c1-54(10-18-84-92-76)68(100)121-27-9-26-108-42-62(115-30-36-123-70(102)56(3)12-20-86-94-78)44-110-46-64(117-32-38-125-72(104)58(5)14-22-88-96-80)48-112-50-66(119-34-40-127-74(106)60(7)16-24-90-98-82)52-114-53-67(120-35-41-128-75(107)61(8)17-25-91-99-83)51-113-49-65(118-33-39-126-73(105)59(6)15-23-89-97-81)47-111-45-63(116-31-37-124-71(103)57(4)13-21-87-95-79)43-109-28-29-122-69(101)55(2)11-19-85-93-77/h54-67H,9-53H2,1-8H3. The van der Waals surface area contributed by atoms with Gasteiger partial charge in [0.05, 0.1) is 179 Å². The van der Waals surface area contributed by atoms with E-state index in [2.05, 4.69) is 80.2 Å². The van der Waals surface area contributed by atoms with Crippen LogP contribution in [0.2, 0.25) is 0 Å². The molecular formula is C75H128N24O29. The predicted octanol–water partition coefficient (Wildman–Crippen LogP) is 10.8. The molecule has 0 fully saturated rings. The first-order valence-corrected chi connectivity index (χ1v) is 42.1. The second-order valence-corrected chi connectivity index (χ2v) is 28.6. The second-order valence-electron chi connectivity index (χ2n) is 28.6. The molecule has 53 heteroatoms. The zero-order chi connectivity index (χ0) is 94.7. The van der Waals surface area contributed by atoms with Gasteiger partial charge in [-0.05, 0) is 95.6 Å². The monoisotopic (exact) mass is 1830 g/mol. The van der Waals surface area contributed by atoms with Crippen LogP contribution in [0.25, 0.3) is 83.5 Å². The molecule has 0 bridgehead atoms. The molecule has 0 rings (SSSR count). The molecule has 14 atom stereocenters. The number of esters is 8. The lowest BCUT2D eigenvalue weighted by molar-refractivity contribution is -0.155. The van der Waals surface area contributed by atoms with E-state index in [1.807, 2.05) is 0 Å². The molecule has 0 spiro atoms. The number of carbonyl (C=O) groups excluding carboxylic acids is 8. The van der Waals surface area contributed by atoms with Gasteiger partial charge in [-0.25, -0.2) is 0 Å². The number of nitrogens with zero attached hydrogens (tertiary/aromatic N) is 24. The van der Waals surface area contributed by atoms with Crippen LogP contribution in [-0.2, 0) is 138 Å². The molecule has 0 aliphatic carbocycles. The van der Waals surface area contributed by atoms with E-state index >= 15 is 0 Å². The highest BCUT2D eigenvalue weighted by molar-refractivity contribution is 5.74. The maximum absolute atomic E-state index is 13.0. The predicted molar refractivity (Wildman–Crippen MR) is 449 cm³/mol. The Morgan fingerprint density at radius 2 is 0.336 bits per heavy atom. The lowest BCUT2D eigenvalue weighted by Crippen LogP contribution is -2.36. The Bertz CT molecular complexity index is 3490. The van der Waals surface area contributed by atoms with Gasteiger partial charge in [0.1, 0.15) is 82.9 Å². The van der Waals surface area contributed by atoms with Crippen LogP contribution in [0, 0.1) is 47.3 Å². The number of rotatable bonds is 87. The van der Waals surface area contributed by atoms with Gasteiger partial charge in [0.15, 0.2) is 0 Å². The molecule has 0 saturated heterocycles. The van der Waals surface area contributed by atoms with Crippen molar-refractivity contribution in [3.8, 4) is 0 Å². The van der Waals surface area contributed by atoms with E-state index < -0.39 is 132 Å². The number of hydrogen-bond donors (Lipinski definition) is 0. The molecule has 0 aliphatic heterocycles. The highest BCUT2D eigenvalue weighted by Gasteiger charge is 2.26. The molecule has 722 valence electrons. The second kappa shape index (κ2) is 82.4. The summed E-state index contributed by atoms with van der Waals surface area (Å²) in [5.74, 6) is -9.30. The molecule has 128 heavy (non-hydrogen) atoms. The summed E-state index contributed by atoms with van der Waals surface area (Å²) in [7, 11) is 0. The van der Waals surface area contributed by atoms with E-state index in [-0.39, 0.29) is 289 Å².